The summed E-state index contributed by atoms with van der Waals surface area (Å²) in [6, 6.07) is 9.25. The van der Waals surface area contributed by atoms with E-state index in [9.17, 15) is 9.59 Å². The van der Waals surface area contributed by atoms with Crippen LogP contribution in [0.3, 0.4) is 0 Å². The zero-order valence-electron chi connectivity index (χ0n) is 11.8. The standard InChI is InChI=1S/C15H16N4O3/c20-14(17-11-7-6-10(8-11)15(21)22)13-16-9-19(18-13)12-4-2-1-3-5-12/h1-5,9-11H,6-8H2,(H,17,20)(H,21,22)/t10-,11+/m0/s1. The second kappa shape index (κ2) is 5.97. The number of para-hydroxylation sites is 1. The average Bonchev–Trinajstić information content (AvgIpc) is 3.17. The van der Waals surface area contributed by atoms with Crippen LogP contribution in [0.15, 0.2) is 36.7 Å². The van der Waals surface area contributed by atoms with Crippen molar-refractivity contribution in [1.29, 1.82) is 0 Å². The molecular weight excluding hydrogens is 284 g/mol. The number of hydrogen-bond donors (Lipinski definition) is 2. The third-order valence-corrected chi connectivity index (χ3v) is 3.83. The summed E-state index contributed by atoms with van der Waals surface area (Å²) < 4.78 is 1.53. The number of carbonyl (C=O) groups excluding carboxylic acids is 1. The monoisotopic (exact) mass is 300 g/mol. The lowest BCUT2D eigenvalue weighted by Gasteiger charge is -2.10. The van der Waals surface area contributed by atoms with E-state index < -0.39 is 5.97 Å². The Hall–Kier alpha value is -2.70. The van der Waals surface area contributed by atoms with Gasteiger partial charge in [-0.05, 0) is 31.4 Å². The average molecular weight is 300 g/mol. The summed E-state index contributed by atoms with van der Waals surface area (Å²) in [5.41, 5.74) is 0.820. The van der Waals surface area contributed by atoms with Gasteiger partial charge in [0.05, 0.1) is 11.6 Å². The van der Waals surface area contributed by atoms with E-state index >= 15 is 0 Å². The number of aromatic nitrogens is 3. The maximum absolute atomic E-state index is 12.1. The molecule has 0 bridgehead atoms. The summed E-state index contributed by atoms with van der Waals surface area (Å²) in [7, 11) is 0. The normalized spacial score (nSPS) is 20.7. The fraction of sp³-hybridized carbons (Fsp3) is 0.333. The molecule has 1 amide bonds. The molecule has 7 heteroatoms. The summed E-state index contributed by atoms with van der Waals surface area (Å²) in [6.07, 6.45) is 3.20. The van der Waals surface area contributed by atoms with E-state index in [4.69, 9.17) is 5.11 Å². The first-order chi connectivity index (χ1) is 10.6. The fourth-order valence-corrected chi connectivity index (χ4v) is 2.66. The van der Waals surface area contributed by atoms with Gasteiger partial charge >= 0.3 is 5.97 Å². The molecule has 0 aliphatic heterocycles. The number of nitrogens with zero attached hydrogens (tertiary/aromatic N) is 3. The third-order valence-electron chi connectivity index (χ3n) is 3.83. The fourth-order valence-electron chi connectivity index (χ4n) is 2.66. The van der Waals surface area contributed by atoms with Gasteiger partial charge in [-0.15, -0.1) is 5.10 Å². The number of benzene rings is 1. The molecule has 2 atom stereocenters. The minimum Gasteiger partial charge on any atom is -0.481 e. The smallest absolute Gasteiger partial charge is 0.306 e. The van der Waals surface area contributed by atoms with Gasteiger partial charge in [0.25, 0.3) is 5.91 Å². The number of carboxylic acid groups (broad SMARTS) is 1. The maximum Gasteiger partial charge on any atom is 0.306 e. The summed E-state index contributed by atoms with van der Waals surface area (Å²) in [5.74, 6) is -1.46. The first kappa shape index (κ1) is 14.2. The van der Waals surface area contributed by atoms with Crippen LogP contribution in [0.4, 0.5) is 0 Å². The van der Waals surface area contributed by atoms with Gasteiger partial charge in [-0.1, -0.05) is 18.2 Å². The van der Waals surface area contributed by atoms with Crippen LogP contribution in [-0.4, -0.2) is 37.8 Å². The van der Waals surface area contributed by atoms with E-state index in [1.807, 2.05) is 30.3 Å². The predicted molar refractivity (Wildman–Crippen MR) is 77.6 cm³/mol. The molecule has 0 saturated heterocycles. The van der Waals surface area contributed by atoms with Crippen molar-refractivity contribution in [3.8, 4) is 5.69 Å². The number of aliphatic carboxylic acids is 1. The van der Waals surface area contributed by atoms with Gasteiger partial charge in [-0.2, -0.15) is 0 Å². The second-order valence-electron chi connectivity index (χ2n) is 5.37. The van der Waals surface area contributed by atoms with Crippen molar-refractivity contribution in [3.05, 3.63) is 42.5 Å². The van der Waals surface area contributed by atoms with E-state index in [2.05, 4.69) is 15.4 Å². The largest absolute Gasteiger partial charge is 0.481 e. The van der Waals surface area contributed by atoms with Gasteiger partial charge in [0.1, 0.15) is 6.33 Å². The van der Waals surface area contributed by atoms with Crippen LogP contribution in [0.5, 0.6) is 0 Å². The quantitative estimate of drug-likeness (QED) is 0.885. The van der Waals surface area contributed by atoms with Gasteiger partial charge < -0.3 is 10.4 Å². The van der Waals surface area contributed by atoms with Gasteiger partial charge in [-0.25, -0.2) is 9.67 Å². The SMILES string of the molecule is O=C(N[C@@H]1CC[C@H](C(=O)O)C1)c1ncn(-c2ccccc2)n1. The highest BCUT2D eigenvalue weighted by Gasteiger charge is 2.31. The third kappa shape index (κ3) is 2.98. The minimum absolute atomic E-state index is 0.0858. The van der Waals surface area contributed by atoms with Crippen LogP contribution in [0.1, 0.15) is 29.9 Å². The van der Waals surface area contributed by atoms with E-state index in [0.717, 1.165) is 5.69 Å². The van der Waals surface area contributed by atoms with E-state index in [1.165, 1.54) is 11.0 Å². The number of hydrogen-bond acceptors (Lipinski definition) is 4. The lowest BCUT2D eigenvalue weighted by molar-refractivity contribution is -0.141. The van der Waals surface area contributed by atoms with E-state index in [1.54, 1.807) is 0 Å². The molecule has 7 nitrogen and oxygen atoms in total. The zero-order chi connectivity index (χ0) is 15.5. The molecule has 1 aliphatic carbocycles. The van der Waals surface area contributed by atoms with Crippen molar-refractivity contribution in [2.75, 3.05) is 0 Å². The maximum atomic E-state index is 12.1. The highest BCUT2D eigenvalue weighted by Crippen LogP contribution is 2.25. The number of carboxylic acids is 1. The van der Waals surface area contributed by atoms with Gasteiger partial charge in [0, 0.05) is 6.04 Å². The van der Waals surface area contributed by atoms with Crippen LogP contribution in [0, 0.1) is 5.92 Å². The molecule has 0 spiro atoms. The molecule has 2 N–H and O–H groups in total. The van der Waals surface area contributed by atoms with Gasteiger partial charge in [0.15, 0.2) is 0 Å². The molecule has 114 valence electrons. The topological polar surface area (TPSA) is 97.1 Å². The molecule has 1 fully saturated rings. The first-order valence-electron chi connectivity index (χ1n) is 7.14. The van der Waals surface area contributed by atoms with Crippen LogP contribution < -0.4 is 5.32 Å². The molecule has 1 aliphatic rings. The van der Waals surface area contributed by atoms with Crippen molar-refractivity contribution in [2.45, 2.75) is 25.3 Å². The summed E-state index contributed by atoms with van der Waals surface area (Å²) >= 11 is 0. The van der Waals surface area contributed by atoms with Crippen molar-refractivity contribution in [1.82, 2.24) is 20.1 Å². The predicted octanol–water partition coefficient (Wildman–Crippen LogP) is 1.25. The van der Waals surface area contributed by atoms with Crippen molar-refractivity contribution in [2.24, 2.45) is 5.92 Å². The van der Waals surface area contributed by atoms with Gasteiger partial charge in [-0.3, -0.25) is 9.59 Å². The van der Waals surface area contributed by atoms with E-state index in [-0.39, 0.29) is 23.7 Å². The molecule has 0 unspecified atom stereocenters. The van der Waals surface area contributed by atoms with E-state index in [0.29, 0.717) is 19.3 Å². The Bertz CT molecular complexity index is 683. The highest BCUT2D eigenvalue weighted by molar-refractivity contribution is 5.90. The molecule has 0 radical (unpaired) electrons. The van der Waals surface area contributed by atoms with Crippen molar-refractivity contribution in [3.63, 3.8) is 0 Å². The number of rotatable bonds is 4. The molecule has 22 heavy (non-hydrogen) atoms. The molecule has 1 saturated carbocycles. The minimum atomic E-state index is -0.803. The lowest BCUT2D eigenvalue weighted by Crippen LogP contribution is -2.34. The molecule has 1 aromatic carbocycles. The Kier molecular flexibility index (Phi) is 3.86. The Morgan fingerprint density at radius 3 is 2.68 bits per heavy atom. The van der Waals surface area contributed by atoms with Crippen molar-refractivity contribution >= 4 is 11.9 Å². The second-order valence-corrected chi connectivity index (χ2v) is 5.37. The molecule has 1 aromatic heterocycles. The van der Waals surface area contributed by atoms with Crippen LogP contribution >= 0.6 is 0 Å². The number of amides is 1. The molecule has 3 rings (SSSR count). The molecule has 1 heterocycles. The molecular formula is C15H16N4O3. The van der Waals surface area contributed by atoms with Crippen LogP contribution in [-0.2, 0) is 4.79 Å². The van der Waals surface area contributed by atoms with Crippen LogP contribution in [0.2, 0.25) is 0 Å². The Morgan fingerprint density at radius 2 is 2.00 bits per heavy atom. The Morgan fingerprint density at radius 1 is 1.23 bits per heavy atom. The number of nitrogens with one attached hydrogen (secondary N) is 1. The zero-order valence-corrected chi connectivity index (χ0v) is 11.8. The Balaban J connectivity index is 1.64. The van der Waals surface area contributed by atoms with Crippen LogP contribution in [0.25, 0.3) is 5.69 Å². The summed E-state index contributed by atoms with van der Waals surface area (Å²) in [5, 5.41) is 15.9. The lowest BCUT2D eigenvalue weighted by atomic mass is 10.1. The highest BCUT2D eigenvalue weighted by atomic mass is 16.4. The summed E-state index contributed by atoms with van der Waals surface area (Å²) in [4.78, 5) is 27.1. The summed E-state index contributed by atoms with van der Waals surface area (Å²) in [6.45, 7) is 0. The Labute approximate surface area is 127 Å². The number of carbonyl (C=O) groups is 2. The van der Waals surface area contributed by atoms with Gasteiger partial charge in [0.2, 0.25) is 5.82 Å². The van der Waals surface area contributed by atoms with Crippen molar-refractivity contribution < 1.29 is 14.7 Å². The molecule has 2 aromatic rings. The first-order valence-corrected chi connectivity index (χ1v) is 7.14.